The van der Waals surface area contributed by atoms with E-state index in [9.17, 15) is 0 Å². The largest absolute Gasteiger partial charge is 0.371 e. The van der Waals surface area contributed by atoms with Crippen molar-refractivity contribution in [3.63, 3.8) is 0 Å². The molecule has 0 spiro atoms. The fraction of sp³-hybridized carbons (Fsp3) is 0.571. The first-order valence-electron chi connectivity index (χ1n) is 6.41. The summed E-state index contributed by atoms with van der Waals surface area (Å²) in [7, 11) is 0. The van der Waals surface area contributed by atoms with Gasteiger partial charge in [0, 0.05) is 24.8 Å². The van der Waals surface area contributed by atoms with Crippen molar-refractivity contribution in [2.45, 2.75) is 31.7 Å². The topological polar surface area (TPSA) is 29.3 Å². The molecule has 0 amide bonds. The van der Waals surface area contributed by atoms with Crippen LogP contribution < -0.4 is 10.6 Å². The SMILES string of the molecule is NC1CCC(CN2CCc3ccccc32)C1. The maximum Gasteiger partial charge on any atom is 0.0399 e. The van der Waals surface area contributed by atoms with Gasteiger partial charge in [-0.3, -0.25) is 0 Å². The minimum absolute atomic E-state index is 0.461. The summed E-state index contributed by atoms with van der Waals surface area (Å²) >= 11 is 0. The molecule has 2 atom stereocenters. The van der Waals surface area contributed by atoms with E-state index < -0.39 is 0 Å². The summed E-state index contributed by atoms with van der Waals surface area (Å²) in [6.45, 7) is 2.41. The van der Waals surface area contributed by atoms with Crippen LogP contribution in [-0.4, -0.2) is 19.1 Å². The summed E-state index contributed by atoms with van der Waals surface area (Å²) in [4.78, 5) is 2.55. The Bertz CT molecular complexity index is 375. The highest BCUT2D eigenvalue weighted by Crippen LogP contribution is 2.31. The molecule has 1 aliphatic carbocycles. The standard InChI is InChI=1S/C14H20N2/c15-13-6-5-11(9-13)10-16-8-7-12-3-1-2-4-14(12)16/h1-4,11,13H,5-10,15H2. The van der Waals surface area contributed by atoms with Gasteiger partial charge in [-0.2, -0.15) is 0 Å². The summed E-state index contributed by atoms with van der Waals surface area (Å²) in [6.07, 6.45) is 4.98. The lowest BCUT2D eigenvalue weighted by Crippen LogP contribution is -2.27. The van der Waals surface area contributed by atoms with Crippen LogP contribution in [0.25, 0.3) is 0 Å². The van der Waals surface area contributed by atoms with Crippen LogP contribution in [0.2, 0.25) is 0 Å². The predicted molar refractivity (Wildman–Crippen MR) is 67.7 cm³/mol. The zero-order valence-electron chi connectivity index (χ0n) is 9.73. The van der Waals surface area contributed by atoms with Crippen molar-refractivity contribution in [3.05, 3.63) is 29.8 Å². The number of rotatable bonds is 2. The molecule has 2 N–H and O–H groups in total. The molecule has 2 unspecified atom stereocenters. The van der Waals surface area contributed by atoms with Crippen molar-refractivity contribution in [3.8, 4) is 0 Å². The van der Waals surface area contributed by atoms with Crippen LogP contribution in [0.4, 0.5) is 5.69 Å². The molecule has 0 bridgehead atoms. The van der Waals surface area contributed by atoms with Crippen molar-refractivity contribution in [2.24, 2.45) is 11.7 Å². The minimum atomic E-state index is 0.461. The Hall–Kier alpha value is -1.02. The van der Waals surface area contributed by atoms with Gasteiger partial charge in [-0.15, -0.1) is 0 Å². The monoisotopic (exact) mass is 216 g/mol. The quantitative estimate of drug-likeness (QED) is 0.821. The second kappa shape index (κ2) is 4.10. The van der Waals surface area contributed by atoms with Gasteiger partial charge in [-0.1, -0.05) is 18.2 Å². The normalized spacial score (nSPS) is 28.4. The van der Waals surface area contributed by atoms with E-state index in [2.05, 4.69) is 29.2 Å². The van der Waals surface area contributed by atoms with Crippen molar-refractivity contribution >= 4 is 5.69 Å². The zero-order chi connectivity index (χ0) is 11.0. The van der Waals surface area contributed by atoms with E-state index in [1.807, 2.05) is 0 Å². The van der Waals surface area contributed by atoms with E-state index in [0.717, 1.165) is 5.92 Å². The first kappa shape index (κ1) is 10.2. The molecule has 1 heterocycles. The van der Waals surface area contributed by atoms with E-state index >= 15 is 0 Å². The molecule has 16 heavy (non-hydrogen) atoms. The number of anilines is 1. The van der Waals surface area contributed by atoms with Gasteiger partial charge in [0.2, 0.25) is 0 Å². The predicted octanol–water partition coefficient (Wildman–Crippen LogP) is 2.18. The van der Waals surface area contributed by atoms with Gasteiger partial charge >= 0.3 is 0 Å². The molecule has 0 saturated heterocycles. The average Bonchev–Trinajstić information content (AvgIpc) is 2.87. The Labute approximate surface area is 97.4 Å². The van der Waals surface area contributed by atoms with Gasteiger partial charge in [0.15, 0.2) is 0 Å². The average molecular weight is 216 g/mol. The van der Waals surface area contributed by atoms with Crippen LogP contribution >= 0.6 is 0 Å². The minimum Gasteiger partial charge on any atom is -0.371 e. The van der Waals surface area contributed by atoms with Gasteiger partial charge in [-0.05, 0) is 43.2 Å². The summed E-state index contributed by atoms with van der Waals surface area (Å²) < 4.78 is 0. The molecule has 2 heteroatoms. The van der Waals surface area contributed by atoms with Gasteiger partial charge < -0.3 is 10.6 Å². The van der Waals surface area contributed by atoms with E-state index in [-0.39, 0.29) is 0 Å². The lowest BCUT2D eigenvalue weighted by molar-refractivity contribution is 0.528. The Balaban J connectivity index is 1.69. The van der Waals surface area contributed by atoms with Crippen LogP contribution in [-0.2, 0) is 6.42 Å². The third-order valence-corrected chi connectivity index (χ3v) is 4.04. The molecule has 86 valence electrons. The fourth-order valence-corrected chi connectivity index (χ4v) is 3.19. The number of fused-ring (bicyclic) bond motifs is 1. The summed E-state index contributed by atoms with van der Waals surface area (Å²) in [5, 5.41) is 0. The first-order chi connectivity index (χ1) is 7.83. The van der Waals surface area contributed by atoms with Crippen LogP contribution in [0.3, 0.4) is 0 Å². The van der Waals surface area contributed by atoms with Gasteiger partial charge in [0.05, 0.1) is 0 Å². The third kappa shape index (κ3) is 1.82. The molecular formula is C14H20N2. The molecule has 1 saturated carbocycles. The summed E-state index contributed by atoms with van der Waals surface area (Å²) in [6, 6.07) is 9.28. The Morgan fingerprint density at radius 2 is 2.12 bits per heavy atom. The van der Waals surface area contributed by atoms with Crippen LogP contribution in [0, 0.1) is 5.92 Å². The Kier molecular flexibility index (Phi) is 2.60. The van der Waals surface area contributed by atoms with Gasteiger partial charge in [0.1, 0.15) is 0 Å². The molecule has 1 aromatic rings. The number of para-hydroxylation sites is 1. The molecule has 0 aromatic heterocycles. The molecule has 2 nitrogen and oxygen atoms in total. The third-order valence-electron chi connectivity index (χ3n) is 4.04. The second-order valence-electron chi connectivity index (χ2n) is 5.26. The van der Waals surface area contributed by atoms with E-state index in [4.69, 9.17) is 5.73 Å². The van der Waals surface area contributed by atoms with E-state index in [1.54, 1.807) is 0 Å². The molecule has 1 aromatic carbocycles. The smallest absolute Gasteiger partial charge is 0.0399 e. The highest BCUT2D eigenvalue weighted by molar-refractivity contribution is 5.57. The highest BCUT2D eigenvalue weighted by atomic mass is 15.1. The number of hydrogen-bond donors (Lipinski definition) is 1. The van der Waals surface area contributed by atoms with Crippen molar-refractivity contribution in [1.29, 1.82) is 0 Å². The van der Waals surface area contributed by atoms with Crippen LogP contribution in [0.15, 0.2) is 24.3 Å². The van der Waals surface area contributed by atoms with Crippen molar-refractivity contribution < 1.29 is 0 Å². The van der Waals surface area contributed by atoms with E-state index in [0.29, 0.717) is 6.04 Å². The zero-order valence-corrected chi connectivity index (χ0v) is 9.73. The lowest BCUT2D eigenvalue weighted by Gasteiger charge is -2.23. The van der Waals surface area contributed by atoms with Crippen molar-refractivity contribution in [1.82, 2.24) is 0 Å². The number of nitrogens with two attached hydrogens (primary N) is 1. The molecular weight excluding hydrogens is 196 g/mol. The molecule has 1 fully saturated rings. The number of nitrogens with zero attached hydrogens (tertiary/aromatic N) is 1. The summed E-state index contributed by atoms with van der Waals surface area (Å²) in [5.41, 5.74) is 8.95. The maximum atomic E-state index is 5.98. The Morgan fingerprint density at radius 3 is 2.94 bits per heavy atom. The second-order valence-corrected chi connectivity index (χ2v) is 5.26. The van der Waals surface area contributed by atoms with Gasteiger partial charge in [-0.25, -0.2) is 0 Å². The van der Waals surface area contributed by atoms with Crippen LogP contribution in [0.1, 0.15) is 24.8 Å². The van der Waals surface area contributed by atoms with Gasteiger partial charge in [0.25, 0.3) is 0 Å². The Morgan fingerprint density at radius 1 is 1.25 bits per heavy atom. The number of benzene rings is 1. The van der Waals surface area contributed by atoms with Crippen LogP contribution in [0.5, 0.6) is 0 Å². The molecule has 2 aliphatic rings. The highest BCUT2D eigenvalue weighted by Gasteiger charge is 2.26. The molecule has 0 radical (unpaired) electrons. The maximum absolute atomic E-state index is 5.98. The van der Waals surface area contributed by atoms with E-state index in [1.165, 1.54) is 50.0 Å². The molecule has 3 rings (SSSR count). The first-order valence-corrected chi connectivity index (χ1v) is 6.41. The molecule has 1 aliphatic heterocycles. The van der Waals surface area contributed by atoms with Crippen molar-refractivity contribution in [2.75, 3.05) is 18.0 Å². The lowest BCUT2D eigenvalue weighted by atomic mass is 10.1. The summed E-state index contributed by atoms with van der Waals surface area (Å²) in [5.74, 6) is 0.821. The number of hydrogen-bond acceptors (Lipinski definition) is 2. The fourth-order valence-electron chi connectivity index (χ4n) is 3.19.